The zero-order valence-corrected chi connectivity index (χ0v) is 11.7. The van der Waals surface area contributed by atoms with Crippen molar-refractivity contribution in [3.05, 3.63) is 29.8 Å². The van der Waals surface area contributed by atoms with E-state index in [9.17, 15) is 18.4 Å². The van der Waals surface area contributed by atoms with Gasteiger partial charge in [0.05, 0.1) is 0 Å². The smallest absolute Gasteiger partial charge is 0.244 e. The molecule has 0 aliphatic rings. The van der Waals surface area contributed by atoms with Gasteiger partial charge in [0.1, 0.15) is 23.9 Å². The summed E-state index contributed by atoms with van der Waals surface area (Å²) in [6, 6.07) is 3.19. The van der Waals surface area contributed by atoms with E-state index in [0.717, 1.165) is 12.1 Å². The van der Waals surface area contributed by atoms with Crippen LogP contribution in [0.25, 0.3) is 0 Å². The van der Waals surface area contributed by atoms with Crippen LogP contribution in [0.2, 0.25) is 0 Å². The van der Waals surface area contributed by atoms with Gasteiger partial charge in [0.2, 0.25) is 11.8 Å². The van der Waals surface area contributed by atoms with Gasteiger partial charge in [-0.2, -0.15) is 0 Å². The highest BCUT2D eigenvalue weighted by atomic mass is 19.1. The van der Waals surface area contributed by atoms with E-state index in [1.165, 1.54) is 17.9 Å². The van der Waals surface area contributed by atoms with E-state index in [1.807, 2.05) is 6.92 Å². The van der Waals surface area contributed by atoms with E-state index in [1.54, 1.807) is 6.92 Å². The highest BCUT2D eigenvalue weighted by Gasteiger charge is 2.20. The highest BCUT2D eigenvalue weighted by Crippen LogP contribution is 2.18. The number of benzene rings is 1. The van der Waals surface area contributed by atoms with Crippen LogP contribution in [0.3, 0.4) is 0 Å². The van der Waals surface area contributed by atoms with E-state index >= 15 is 0 Å². The Morgan fingerprint density at radius 1 is 1.30 bits per heavy atom. The van der Waals surface area contributed by atoms with Crippen molar-refractivity contribution in [1.82, 2.24) is 4.90 Å². The molecule has 0 radical (unpaired) electrons. The zero-order chi connectivity index (χ0) is 15.3. The molecule has 0 aliphatic heterocycles. The predicted octanol–water partition coefficient (Wildman–Crippen LogP) is 2.55. The molecule has 110 valence electrons. The second-order valence-corrected chi connectivity index (χ2v) is 4.55. The lowest BCUT2D eigenvalue weighted by Gasteiger charge is -2.26. The summed E-state index contributed by atoms with van der Waals surface area (Å²) in [5.41, 5.74) is -0.495. The fourth-order valence-corrected chi connectivity index (χ4v) is 1.75. The van der Waals surface area contributed by atoms with Crippen LogP contribution in [0, 0.1) is 11.6 Å². The molecule has 4 nitrogen and oxygen atoms in total. The number of carbonyl (C=O) groups is 2. The first-order valence-corrected chi connectivity index (χ1v) is 6.37. The van der Waals surface area contributed by atoms with Crippen molar-refractivity contribution in [3.8, 4) is 0 Å². The van der Waals surface area contributed by atoms with Crippen LogP contribution >= 0.6 is 0 Å². The summed E-state index contributed by atoms with van der Waals surface area (Å²) in [6.07, 6.45) is 0.681. The number of hydrogen-bond acceptors (Lipinski definition) is 2. The van der Waals surface area contributed by atoms with Crippen LogP contribution in [0.5, 0.6) is 0 Å². The monoisotopic (exact) mass is 284 g/mol. The Kier molecular flexibility index (Phi) is 5.61. The van der Waals surface area contributed by atoms with E-state index in [4.69, 9.17) is 0 Å². The van der Waals surface area contributed by atoms with Gasteiger partial charge in [-0.1, -0.05) is 13.0 Å². The maximum Gasteiger partial charge on any atom is 0.244 e. The van der Waals surface area contributed by atoms with Crippen molar-refractivity contribution in [2.24, 2.45) is 0 Å². The van der Waals surface area contributed by atoms with E-state index in [0.29, 0.717) is 6.42 Å². The number of para-hydroxylation sites is 1. The molecule has 0 saturated carbocycles. The van der Waals surface area contributed by atoms with Crippen molar-refractivity contribution in [2.75, 3.05) is 11.9 Å². The Bertz CT molecular complexity index is 486. The van der Waals surface area contributed by atoms with Crippen LogP contribution in [0.15, 0.2) is 18.2 Å². The molecule has 1 atom stereocenters. The first-order chi connectivity index (χ1) is 9.36. The molecule has 0 fully saturated rings. The number of nitrogens with one attached hydrogen (secondary N) is 1. The van der Waals surface area contributed by atoms with Crippen molar-refractivity contribution in [2.45, 2.75) is 33.2 Å². The average molecular weight is 284 g/mol. The van der Waals surface area contributed by atoms with Crippen molar-refractivity contribution in [3.63, 3.8) is 0 Å². The Balaban J connectivity index is 2.79. The summed E-state index contributed by atoms with van der Waals surface area (Å²) in [4.78, 5) is 24.6. The molecular formula is C14H18F2N2O2. The minimum absolute atomic E-state index is 0.122. The van der Waals surface area contributed by atoms with Crippen LogP contribution < -0.4 is 5.32 Å². The number of nitrogens with zero attached hydrogens (tertiary/aromatic N) is 1. The van der Waals surface area contributed by atoms with Gasteiger partial charge in [-0.3, -0.25) is 9.59 Å². The summed E-state index contributed by atoms with van der Waals surface area (Å²) in [7, 11) is 0. The lowest BCUT2D eigenvalue weighted by Crippen LogP contribution is -2.42. The largest absolute Gasteiger partial charge is 0.331 e. The third-order valence-electron chi connectivity index (χ3n) is 3.07. The van der Waals surface area contributed by atoms with Gasteiger partial charge in [0.15, 0.2) is 0 Å². The molecule has 0 aliphatic carbocycles. The number of amides is 2. The molecule has 20 heavy (non-hydrogen) atoms. The Labute approximate surface area is 116 Å². The predicted molar refractivity (Wildman–Crippen MR) is 72.1 cm³/mol. The Morgan fingerprint density at radius 3 is 2.30 bits per heavy atom. The molecule has 0 saturated heterocycles. The molecule has 0 aromatic heterocycles. The van der Waals surface area contributed by atoms with Gasteiger partial charge >= 0.3 is 0 Å². The second kappa shape index (κ2) is 6.98. The number of halogens is 2. The first-order valence-electron chi connectivity index (χ1n) is 6.37. The van der Waals surface area contributed by atoms with Crippen LogP contribution in [-0.2, 0) is 9.59 Å². The SMILES string of the molecule is CCC(C)N(CC(=O)Nc1c(F)cccc1F)C(C)=O. The lowest BCUT2D eigenvalue weighted by atomic mass is 10.2. The van der Waals surface area contributed by atoms with Gasteiger partial charge in [-0.15, -0.1) is 0 Å². The minimum atomic E-state index is -0.851. The van der Waals surface area contributed by atoms with E-state index in [-0.39, 0.29) is 18.5 Å². The highest BCUT2D eigenvalue weighted by molar-refractivity contribution is 5.94. The summed E-state index contributed by atoms with van der Waals surface area (Å²) in [6.45, 7) is 4.80. The van der Waals surface area contributed by atoms with Crippen LogP contribution in [0.1, 0.15) is 27.2 Å². The van der Waals surface area contributed by atoms with Crippen molar-refractivity contribution < 1.29 is 18.4 Å². The lowest BCUT2D eigenvalue weighted by molar-refractivity contribution is -0.134. The molecule has 2 amide bonds. The number of anilines is 1. The fraction of sp³-hybridized carbons (Fsp3) is 0.429. The molecule has 1 N–H and O–H groups in total. The van der Waals surface area contributed by atoms with E-state index < -0.39 is 23.2 Å². The Hall–Kier alpha value is -1.98. The average Bonchev–Trinajstić information content (AvgIpc) is 2.39. The summed E-state index contributed by atoms with van der Waals surface area (Å²) in [5.74, 6) is -2.60. The van der Waals surface area contributed by atoms with Crippen molar-refractivity contribution in [1.29, 1.82) is 0 Å². The minimum Gasteiger partial charge on any atom is -0.331 e. The fourth-order valence-electron chi connectivity index (χ4n) is 1.75. The van der Waals surface area contributed by atoms with Gasteiger partial charge in [-0.05, 0) is 25.5 Å². The standard InChI is InChI=1S/C14H18F2N2O2/c1-4-9(2)18(10(3)19)8-13(20)17-14-11(15)6-5-7-12(14)16/h5-7,9H,4,8H2,1-3H3,(H,17,20). The van der Waals surface area contributed by atoms with Gasteiger partial charge in [0, 0.05) is 13.0 Å². The Morgan fingerprint density at radius 2 is 1.85 bits per heavy atom. The van der Waals surface area contributed by atoms with Gasteiger partial charge in [-0.25, -0.2) is 8.78 Å². The van der Waals surface area contributed by atoms with Crippen molar-refractivity contribution >= 4 is 17.5 Å². The number of rotatable bonds is 5. The number of hydrogen-bond donors (Lipinski definition) is 1. The molecule has 1 aromatic rings. The summed E-state index contributed by atoms with van der Waals surface area (Å²) >= 11 is 0. The normalized spacial score (nSPS) is 11.8. The number of carbonyl (C=O) groups excluding carboxylic acids is 2. The molecule has 1 rings (SSSR count). The topological polar surface area (TPSA) is 49.4 Å². The van der Waals surface area contributed by atoms with Crippen LogP contribution in [0.4, 0.5) is 14.5 Å². The maximum atomic E-state index is 13.4. The second-order valence-electron chi connectivity index (χ2n) is 4.55. The molecular weight excluding hydrogens is 266 g/mol. The summed E-state index contributed by atoms with van der Waals surface area (Å²) < 4.78 is 26.8. The maximum absolute atomic E-state index is 13.4. The first kappa shape index (κ1) is 16.1. The zero-order valence-electron chi connectivity index (χ0n) is 11.7. The third-order valence-corrected chi connectivity index (χ3v) is 3.07. The van der Waals surface area contributed by atoms with Crippen LogP contribution in [-0.4, -0.2) is 29.3 Å². The summed E-state index contributed by atoms with van der Waals surface area (Å²) in [5, 5.41) is 2.16. The third kappa shape index (κ3) is 4.01. The molecule has 0 bridgehead atoms. The van der Waals surface area contributed by atoms with Gasteiger partial charge < -0.3 is 10.2 Å². The molecule has 1 aromatic carbocycles. The van der Waals surface area contributed by atoms with E-state index in [2.05, 4.69) is 5.32 Å². The van der Waals surface area contributed by atoms with Gasteiger partial charge in [0.25, 0.3) is 0 Å². The molecule has 0 spiro atoms. The molecule has 1 unspecified atom stereocenters. The quantitative estimate of drug-likeness (QED) is 0.903. The molecule has 6 heteroatoms. The molecule has 0 heterocycles.